The van der Waals surface area contributed by atoms with Crippen molar-refractivity contribution < 1.29 is 0 Å². The third kappa shape index (κ3) is 4.23. The molecule has 1 heterocycles. The van der Waals surface area contributed by atoms with Crippen LogP contribution in [0.5, 0.6) is 0 Å². The number of anilines is 1. The second-order valence-corrected chi connectivity index (χ2v) is 6.01. The molecule has 102 valence electrons. The van der Waals surface area contributed by atoms with Gasteiger partial charge in [-0.25, -0.2) is 9.97 Å². The van der Waals surface area contributed by atoms with Crippen LogP contribution in [0.1, 0.15) is 51.4 Å². The number of aryl methyl sites for hydroxylation is 1. The number of alkyl halides is 1. The summed E-state index contributed by atoms with van der Waals surface area (Å²) in [6.45, 7) is 11.8. The van der Waals surface area contributed by atoms with Crippen molar-refractivity contribution >= 4 is 21.9 Å². The predicted molar refractivity (Wildman–Crippen MR) is 81.8 cm³/mol. The zero-order valence-corrected chi connectivity index (χ0v) is 13.7. The molecule has 1 rings (SSSR count). The van der Waals surface area contributed by atoms with E-state index in [4.69, 9.17) is 4.98 Å². The Morgan fingerprint density at radius 2 is 1.89 bits per heavy atom. The Morgan fingerprint density at radius 3 is 2.39 bits per heavy atom. The van der Waals surface area contributed by atoms with Crippen molar-refractivity contribution in [2.45, 2.75) is 53.0 Å². The zero-order valence-electron chi connectivity index (χ0n) is 12.1. The smallest absolute Gasteiger partial charge is 0.226 e. The highest BCUT2D eigenvalue weighted by molar-refractivity contribution is 9.09. The Balaban J connectivity index is 3.03. The van der Waals surface area contributed by atoms with Crippen LogP contribution in [0.25, 0.3) is 0 Å². The molecule has 0 spiro atoms. The van der Waals surface area contributed by atoms with E-state index in [1.54, 1.807) is 0 Å². The highest BCUT2D eigenvalue weighted by Gasteiger charge is 2.15. The van der Waals surface area contributed by atoms with Gasteiger partial charge in [0.25, 0.3) is 0 Å². The largest absolute Gasteiger partial charge is 0.338 e. The molecule has 0 fully saturated rings. The first kappa shape index (κ1) is 15.4. The maximum Gasteiger partial charge on any atom is 0.226 e. The molecule has 0 N–H and O–H groups in total. The third-order valence-corrected chi connectivity index (χ3v) is 3.43. The highest BCUT2D eigenvalue weighted by Crippen LogP contribution is 2.18. The van der Waals surface area contributed by atoms with Crippen LogP contribution >= 0.6 is 15.9 Å². The van der Waals surface area contributed by atoms with Crippen molar-refractivity contribution in [2.75, 3.05) is 16.8 Å². The van der Waals surface area contributed by atoms with Gasteiger partial charge >= 0.3 is 0 Å². The van der Waals surface area contributed by atoms with Gasteiger partial charge in [0.2, 0.25) is 5.95 Å². The molecular formula is C14H24BrN3. The van der Waals surface area contributed by atoms with Gasteiger partial charge in [0.1, 0.15) is 0 Å². The van der Waals surface area contributed by atoms with Crippen LogP contribution in [0.2, 0.25) is 0 Å². The monoisotopic (exact) mass is 313 g/mol. The normalized spacial score (nSPS) is 11.3. The molecule has 0 unspecified atom stereocenters. The van der Waals surface area contributed by atoms with Gasteiger partial charge in [0, 0.05) is 29.3 Å². The minimum Gasteiger partial charge on any atom is -0.338 e. The fourth-order valence-electron chi connectivity index (χ4n) is 1.82. The minimum absolute atomic E-state index is 0.422. The molecule has 1 aromatic heterocycles. The fourth-order valence-corrected chi connectivity index (χ4v) is 2.07. The summed E-state index contributed by atoms with van der Waals surface area (Å²) >= 11 is 3.48. The Labute approximate surface area is 119 Å². The van der Waals surface area contributed by atoms with Crippen molar-refractivity contribution in [1.82, 2.24) is 9.97 Å². The van der Waals surface area contributed by atoms with E-state index >= 15 is 0 Å². The van der Waals surface area contributed by atoms with Gasteiger partial charge in [-0.15, -0.1) is 0 Å². The summed E-state index contributed by atoms with van der Waals surface area (Å²) in [5.74, 6) is 1.31. The lowest BCUT2D eigenvalue weighted by molar-refractivity contribution is 0.646. The molecule has 0 aliphatic heterocycles. The number of hydrogen-bond acceptors (Lipinski definition) is 3. The van der Waals surface area contributed by atoms with Crippen molar-refractivity contribution in [1.29, 1.82) is 0 Å². The number of aromatic nitrogens is 2. The molecule has 0 saturated carbocycles. The van der Waals surface area contributed by atoms with Crippen molar-refractivity contribution in [3.8, 4) is 0 Å². The Hall–Kier alpha value is -0.640. The van der Waals surface area contributed by atoms with E-state index in [-0.39, 0.29) is 0 Å². The fraction of sp³-hybridized carbons (Fsp3) is 0.714. The maximum absolute atomic E-state index is 4.71. The summed E-state index contributed by atoms with van der Waals surface area (Å²) < 4.78 is 0. The van der Waals surface area contributed by atoms with Crippen LogP contribution in [0.3, 0.4) is 0 Å². The maximum atomic E-state index is 4.71. The van der Waals surface area contributed by atoms with E-state index in [2.05, 4.69) is 59.6 Å². The summed E-state index contributed by atoms with van der Waals surface area (Å²) in [5, 5.41) is 1.01. The van der Waals surface area contributed by atoms with E-state index in [1.807, 2.05) is 6.92 Å². The molecule has 0 aromatic carbocycles. The number of nitrogens with zero attached hydrogens (tertiary/aromatic N) is 3. The van der Waals surface area contributed by atoms with Gasteiger partial charge in [-0.05, 0) is 39.2 Å². The van der Waals surface area contributed by atoms with Crippen molar-refractivity contribution in [3.05, 3.63) is 17.5 Å². The number of halogens is 1. The molecular weight excluding hydrogens is 290 g/mol. The third-order valence-electron chi connectivity index (χ3n) is 2.87. The van der Waals surface area contributed by atoms with E-state index in [9.17, 15) is 0 Å². The SMILES string of the molecule is Cc1cc(C(C)C)nc(N(CCCBr)C(C)C)n1. The van der Waals surface area contributed by atoms with E-state index in [1.165, 1.54) is 0 Å². The van der Waals surface area contributed by atoms with Gasteiger partial charge in [-0.1, -0.05) is 29.8 Å². The van der Waals surface area contributed by atoms with Crippen LogP contribution in [0.4, 0.5) is 5.95 Å². The highest BCUT2D eigenvalue weighted by atomic mass is 79.9. The summed E-state index contributed by atoms with van der Waals surface area (Å²) in [5.41, 5.74) is 2.18. The van der Waals surface area contributed by atoms with Gasteiger partial charge in [-0.2, -0.15) is 0 Å². The molecule has 0 aliphatic carbocycles. The Kier molecular flexibility index (Phi) is 6.06. The van der Waals surface area contributed by atoms with Gasteiger partial charge < -0.3 is 4.90 Å². The number of hydrogen-bond donors (Lipinski definition) is 0. The van der Waals surface area contributed by atoms with Crippen molar-refractivity contribution in [2.24, 2.45) is 0 Å². The average Bonchev–Trinajstić information content (AvgIpc) is 2.28. The average molecular weight is 314 g/mol. The molecule has 1 aromatic rings. The quantitative estimate of drug-likeness (QED) is 0.746. The van der Waals surface area contributed by atoms with Crippen LogP contribution < -0.4 is 4.90 Å². The summed E-state index contributed by atoms with van der Waals surface area (Å²) in [6, 6.07) is 2.50. The van der Waals surface area contributed by atoms with Crippen LogP contribution in [-0.4, -0.2) is 27.9 Å². The second-order valence-electron chi connectivity index (χ2n) is 5.22. The molecule has 0 atom stereocenters. The summed E-state index contributed by atoms with van der Waals surface area (Å²) in [7, 11) is 0. The van der Waals surface area contributed by atoms with Gasteiger partial charge in [-0.3, -0.25) is 0 Å². The Morgan fingerprint density at radius 1 is 1.22 bits per heavy atom. The van der Waals surface area contributed by atoms with Crippen LogP contribution in [0.15, 0.2) is 6.07 Å². The first-order valence-corrected chi connectivity index (χ1v) is 7.76. The molecule has 4 heteroatoms. The van der Waals surface area contributed by atoms with E-state index in [0.717, 1.165) is 35.6 Å². The molecule has 0 radical (unpaired) electrons. The molecule has 0 aliphatic rings. The second kappa shape index (κ2) is 7.07. The molecule has 18 heavy (non-hydrogen) atoms. The zero-order chi connectivity index (χ0) is 13.7. The topological polar surface area (TPSA) is 29.0 Å². The first-order chi connectivity index (χ1) is 8.45. The van der Waals surface area contributed by atoms with Gasteiger partial charge in [0.05, 0.1) is 0 Å². The molecule has 3 nitrogen and oxygen atoms in total. The summed E-state index contributed by atoms with van der Waals surface area (Å²) in [4.78, 5) is 11.6. The lowest BCUT2D eigenvalue weighted by Gasteiger charge is -2.27. The predicted octanol–water partition coefficient (Wildman–Crippen LogP) is 3.91. The van der Waals surface area contributed by atoms with Crippen molar-refractivity contribution in [3.63, 3.8) is 0 Å². The minimum atomic E-state index is 0.422. The standard InChI is InChI=1S/C14H24BrN3/c1-10(2)13-9-12(5)16-14(17-13)18(11(3)4)8-6-7-15/h9-11H,6-8H2,1-5H3. The van der Waals surface area contributed by atoms with Crippen LogP contribution in [0, 0.1) is 6.92 Å². The van der Waals surface area contributed by atoms with Gasteiger partial charge in [0.15, 0.2) is 0 Å². The molecule has 0 amide bonds. The first-order valence-electron chi connectivity index (χ1n) is 6.64. The molecule has 0 bridgehead atoms. The summed E-state index contributed by atoms with van der Waals surface area (Å²) in [6.07, 6.45) is 1.10. The lowest BCUT2D eigenvalue weighted by atomic mass is 10.1. The lowest BCUT2D eigenvalue weighted by Crippen LogP contribution is -2.34. The van der Waals surface area contributed by atoms with E-state index in [0.29, 0.717) is 12.0 Å². The van der Waals surface area contributed by atoms with Crippen LogP contribution in [-0.2, 0) is 0 Å². The molecule has 0 saturated heterocycles. The van der Waals surface area contributed by atoms with E-state index < -0.39 is 0 Å². The Bertz CT molecular complexity index is 377. The number of rotatable bonds is 6.